The number of aromatic nitrogens is 4. The molecule has 11 heteroatoms. The summed E-state index contributed by atoms with van der Waals surface area (Å²) in [6.07, 6.45) is 2.75. The van der Waals surface area contributed by atoms with Crippen LogP contribution in [0.15, 0.2) is 27.8 Å². The minimum Gasteiger partial charge on any atom is -0.481 e. The van der Waals surface area contributed by atoms with Gasteiger partial charge in [0.25, 0.3) is 5.56 Å². The van der Waals surface area contributed by atoms with Crippen LogP contribution in [0.25, 0.3) is 11.2 Å². The number of aryl methyl sites for hydroxylation is 2. The maximum absolute atomic E-state index is 13.2. The number of nitrogens with one attached hydrogen (secondary N) is 1. The number of aliphatic carboxylic acids is 1. The Bertz CT molecular complexity index is 1330. The zero-order valence-corrected chi connectivity index (χ0v) is 19.2. The van der Waals surface area contributed by atoms with E-state index in [1.165, 1.54) is 4.57 Å². The van der Waals surface area contributed by atoms with E-state index in [1.807, 2.05) is 0 Å². The van der Waals surface area contributed by atoms with Gasteiger partial charge in [0.1, 0.15) is 0 Å². The smallest absolute Gasteiger partial charge is 0.332 e. The lowest BCUT2D eigenvalue weighted by molar-refractivity contribution is -0.142. The molecule has 2 atom stereocenters. The monoisotopic (exact) mass is 479 g/mol. The van der Waals surface area contributed by atoms with Gasteiger partial charge in [0.05, 0.1) is 22.5 Å². The van der Waals surface area contributed by atoms with E-state index in [2.05, 4.69) is 10.3 Å². The Balaban J connectivity index is 1.72. The number of anilines is 1. The van der Waals surface area contributed by atoms with Crippen molar-refractivity contribution in [1.29, 1.82) is 0 Å². The van der Waals surface area contributed by atoms with Gasteiger partial charge in [0.2, 0.25) is 5.95 Å². The van der Waals surface area contributed by atoms with Crippen LogP contribution in [-0.2, 0) is 25.4 Å². The zero-order valence-electron chi connectivity index (χ0n) is 17.6. The van der Waals surface area contributed by atoms with Crippen LogP contribution in [0.1, 0.15) is 31.2 Å². The van der Waals surface area contributed by atoms with E-state index in [9.17, 15) is 19.5 Å². The van der Waals surface area contributed by atoms with E-state index in [0.717, 1.165) is 17.4 Å². The van der Waals surface area contributed by atoms with Crippen LogP contribution in [0, 0.1) is 5.92 Å². The number of halogens is 2. The molecule has 170 valence electrons. The summed E-state index contributed by atoms with van der Waals surface area (Å²) in [6.45, 7) is 0.0369. The number of nitrogens with zero attached hydrogens (tertiary/aromatic N) is 4. The van der Waals surface area contributed by atoms with Crippen LogP contribution in [0.4, 0.5) is 5.95 Å². The van der Waals surface area contributed by atoms with Crippen molar-refractivity contribution in [2.24, 2.45) is 20.0 Å². The fourth-order valence-corrected chi connectivity index (χ4v) is 4.58. The quantitative estimate of drug-likeness (QED) is 0.581. The summed E-state index contributed by atoms with van der Waals surface area (Å²) in [5, 5.41) is 13.3. The van der Waals surface area contributed by atoms with Gasteiger partial charge in [-0.15, -0.1) is 0 Å². The van der Waals surface area contributed by atoms with Crippen molar-refractivity contribution in [2.75, 3.05) is 5.32 Å². The Hall–Kier alpha value is -2.78. The summed E-state index contributed by atoms with van der Waals surface area (Å²) >= 11 is 12.0. The van der Waals surface area contributed by atoms with Crippen LogP contribution in [0.3, 0.4) is 0 Å². The molecule has 1 aromatic carbocycles. The molecule has 2 N–H and O–H groups in total. The predicted molar refractivity (Wildman–Crippen MR) is 123 cm³/mol. The number of carboxylic acid groups (broad SMARTS) is 1. The number of benzene rings is 1. The molecule has 0 bridgehead atoms. The highest BCUT2D eigenvalue weighted by molar-refractivity contribution is 6.42. The minimum atomic E-state index is -0.797. The fourth-order valence-electron chi connectivity index (χ4n) is 4.26. The summed E-state index contributed by atoms with van der Waals surface area (Å²) in [5.41, 5.74) is 0.243. The molecule has 0 unspecified atom stereocenters. The highest BCUT2D eigenvalue weighted by atomic mass is 35.5. The summed E-state index contributed by atoms with van der Waals surface area (Å²) in [6, 6.07) is 4.88. The Labute approximate surface area is 193 Å². The van der Waals surface area contributed by atoms with Crippen LogP contribution in [0.2, 0.25) is 10.0 Å². The van der Waals surface area contributed by atoms with Crippen LogP contribution in [0.5, 0.6) is 0 Å². The molecular weight excluding hydrogens is 457 g/mol. The largest absolute Gasteiger partial charge is 0.481 e. The summed E-state index contributed by atoms with van der Waals surface area (Å²) in [4.78, 5) is 42.0. The Kier molecular flexibility index (Phi) is 6.05. The summed E-state index contributed by atoms with van der Waals surface area (Å²) in [5.74, 6) is -0.770. The van der Waals surface area contributed by atoms with E-state index in [1.54, 1.807) is 36.9 Å². The number of fused-ring (bicyclic) bond motifs is 1. The van der Waals surface area contributed by atoms with Gasteiger partial charge < -0.3 is 15.0 Å². The first-order valence-corrected chi connectivity index (χ1v) is 11.0. The lowest BCUT2D eigenvalue weighted by atomic mass is 9.86. The molecule has 1 fully saturated rings. The number of carbonyl (C=O) groups is 1. The summed E-state index contributed by atoms with van der Waals surface area (Å²) in [7, 11) is 3.26. The van der Waals surface area contributed by atoms with E-state index in [0.29, 0.717) is 34.4 Å². The molecule has 32 heavy (non-hydrogen) atoms. The number of hydrogen-bond donors (Lipinski definition) is 2. The number of hydrogen-bond acceptors (Lipinski definition) is 5. The van der Waals surface area contributed by atoms with Crippen molar-refractivity contribution in [1.82, 2.24) is 18.7 Å². The highest BCUT2D eigenvalue weighted by Gasteiger charge is 2.28. The average Bonchev–Trinajstić information content (AvgIpc) is 3.08. The second-order valence-corrected chi connectivity index (χ2v) is 9.01. The SMILES string of the molecule is Cn1c(N[C@H]2CCC[C@@H](C(=O)O)C2)nc2c1c(=O)n(Cc1ccc(Cl)c(Cl)c1)c(=O)n2C. The van der Waals surface area contributed by atoms with Crippen LogP contribution >= 0.6 is 23.2 Å². The molecule has 0 amide bonds. The molecule has 4 rings (SSSR count). The van der Waals surface area contributed by atoms with Gasteiger partial charge in [-0.05, 0) is 37.0 Å². The lowest BCUT2D eigenvalue weighted by Crippen LogP contribution is -2.39. The Morgan fingerprint density at radius 2 is 1.94 bits per heavy atom. The third kappa shape index (κ3) is 4.02. The molecule has 1 aliphatic rings. The molecule has 0 saturated heterocycles. The van der Waals surface area contributed by atoms with E-state index in [-0.39, 0.29) is 23.8 Å². The predicted octanol–water partition coefficient (Wildman–Crippen LogP) is 2.84. The maximum atomic E-state index is 13.2. The third-order valence-corrected chi connectivity index (χ3v) is 6.78. The summed E-state index contributed by atoms with van der Waals surface area (Å²) < 4.78 is 4.08. The maximum Gasteiger partial charge on any atom is 0.332 e. The van der Waals surface area contributed by atoms with E-state index in [4.69, 9.17) is 23.2 Å². The zero-order chi connectivity index (χ0) is 23.2. The number of imidazole rings is 1. The minimum absolute atomic E-state index is 0.0369. The van der Waals surface area contributed by atoms with Crippen molar-refractivity contribution in [3.8, 4) is 0 Å². The molecule has 0 radical (unpaired) electrons. The number of carboxylic acids is 1. The molecule has 3 aromatic rings. The van der Waals surface area contributed by atoms with Gasteiger partial charge in [0, 0.05) is 20.1 Å². The third-order valence-electron chi connectivity index (χ3n) is 6.04. The molecule has 0 spiro atoms. The molecular formula is C21H23Cl2N5O4. The highest BCUT2D eigenvalue weighted by Crippen LogP contribution is 2.27. The van der Waals surface area contributed by atoms with Gasteiger partial charge in [0.15, 0.2) is 11.2 Å². The molecule has 2 heterocycles. The molecule has 2 aromatic heterocycles. The normalized spacial score (nSPS) is 18.8. The second-order valence-electron chi connectivity index (χ2n) is 8.19. The standard InChI is InChI=1S/C21H23Cl2N5O4/c1-26-16-17(25-20(26)24-13-5-3-4-12(9-13)19(30)31)27(2)21(32)28(18(16)29)10-11-6-7-14(22)15(23)8-11/h6-8,12-13H,3-5,9-10H2,1-2H3,(H,24,25)(H,30,31)/t12-,13+/m1/s1. The molecule has 1 aliphatic carbocycles. The van der Waals surface area contributed by atoms with Gasteiger partial charge >= 0.3 is 11.7 Å². The van der Waals surface area contributed by atoms with Gasteiger partial charge in [-0.3, -0.25) is 18.7 Å². The van der Waals surface area contributed by atoms with Crippen molar-refractivity contribution >= 4 is 46.3 Å². The molecule has 1 saturated carbocycles. The second kappa shape index (κ2) is 8.63. The van der Waals surface area contributed by atoms with Gasteiger partial charge in [-0.2, -0.15) is 4.98 Å². The van der Waals surface area contributed by atoms with E-state index >= 15 is 0 Å². The molecule has 0 aliphatic heterocycles. The lowest BCUT2D eigenvalue weighted by Gasteiger charge is -2.27. The van der Waals surface area contributed by atoms with Crippen LogP contribution in [-0.4, -0.2) is 35.8 Å². The van der Waals surface area contributed by atoms with Crippen molar-refractivity contribution in [2.45, 2.75) is 38.3 Å². The van der Waals surface area contributed by atoms with Crippen molar-refractivity contribution < 1.29 is 9.90 Å². The Morgan fingerprint density at radius 1 is 1.19 bits per heavy atom. The van der Waals surface area contributed by atoms with E-state index < -0.39 is 23.1 Å². The number of rotatable bonds is 5. The topological polar surface area (TPSA) is 111 Å². The van der Waals surface area contributed by atoms with Crippen molar-refractivity contribution in [3.05, 3.63) is 54.6 Å². The van der Waals surface area contributed by atoms with Gasteiger partial charge in [-0.1, -0.05) is 35.7 Å². The first kappa shape index (κ1) is 22.4. The average molecular weight is 480 g/mol. The molecule has 9 nitrogen and oxygen atoms in total. The first-order valence-electron chi connectivity index (χ1n) is 10.3. The fraction of sp³-hybridized carbons (Fsp3) is 0.429. The first-order chi connectivity index (χ1) is 15.2. The Morgan fingerprint density at radius 3 is 2.62 bits per heavy atom. The van der Waals surface area contributed by atoms with Crippen molar-refractivity contribution in [3.63, 3.8) is 0 Å². The van der Waals surface area contributed by atoms with Crippen LogP contribution < -0.4 is 16.6 Å². The van der Waals surface area contributed by atoms with Gasteiger partial charge in [-0.25, -0.2) is 4.79 Å².